The summed E-state index contributed by atoms with van der Waals surface area (Å²) in [6, 6.07) is 5.62. The summed E-state index contributed by atoms with van der Waals surface area (Å²) in [7, 11) is 0. The van der Waals surface area contributed by atoms with Crippen molar-refractivity contribution in [1.29, 1.82) is 0 Å². The Morgan fingerprint density at radius 2 is 2.00 bits per heavy atom. The minimum Gasteiger partial charge on any atom is -0.490 e. The summed E-state index contributed by atoms with van der Waals surface area (Å²) in [4.78, 5) is 27.0. The number of rotatable bonds is 6. The molecule has 1 unspecified atom stereocenters. The lowest BCUT2D eigenvalue weighted by molar-refractivity contribution is -0.135. The van der Waals surface area contributed by atoms with E-state index in [2.05, 4.69) is 29.4 Å². The molecule has 0 spiro atoms. The first-order valence-corrected chi connectivity index (χ1v) is 10.9. The highest BCUT2D eigenvalue weighted by Gasteiger charge is 2.34. The van der Waals surface area contributed by atoms with E-state index in [9.17, 15) is 9.59 Å². The summed E-state index contributed by atoms with van der Waals surface area (Å²) >= 11 is 0. The fourth-order valence-corrected chi connectivity index (χ4v) is 4.49. The molecule has 2 N–H and O–H groups in total. The molecule has 2 fully saturated rings. The molecule has 1 saturated heterocycles. The largest absolute Gasteiger partial charge is 0.490 e. The van der Waals surface area contributed by atoms with E-state index < -0.39 is 0 Å². The molecule has 2 heterocycles. The third-order valence-corrected chi connectivity index (χ3v) is 6.10. The summed E-state index contributed by atoms with van der Waals surface area (Å²) in [6.07, 6.45) is 3.82. The topological polar surface area (TPSA) is 89.1 Å². The van der Waals surface area contributed by atoms with Gasteiger partial charge in [0, 0.05) is 31.2 Å². The molecular formula is C22H31N3O5. The van der Waals surface area contributed by atoms with Gasteiger partial charge < -0.3 is 24.8 Å². The molecular weight excluding hydrogens is 386 g/mol. The fourth-order valence-electron chi connectivity index (χ4n) is 4.49. The molecule has 4 rings (SSSR count). The molecule has 1 aliphatic carbocycles. The number of fused-ring (bicyclic) bond motifs is 1. The van der Waals surface area contributed by atoms with Crippen LogP contribution in [0.2, 0.25) is 0 Å². The maximum absolute atomic E-state index is 12.6. The van der Waals surface area contributed by atoms with Gasteiger partial charge in [-0.25, -0.2) is 0 Å². The van der Waals surface area contributed by atoms with Crippen LogP contribution in [-0.4, -0.2) is 60.8 Å². The van der Waals surface area contributed by atoms with Crippen LogP contribution < -0.4 is 24.8 Å². The lowest BCUT2D eigenvalue weighted by Crippen LogP contribution is -2.58. The Hall–Kier alpha value is -2.48. The number of nitrogens with one attached hydrogen (secondary N) is 2. The number of benzene rings is 1. The van der Waals surface area contributed by atoms with E-state index in [0.29, 0.717) is 6.54 Å². The van der Waals surface area contributed by atoms with Crippen molar-refractivity contribution >= 4 is 11.8 Å². The van der Waals surface area contributed by atoms with E-state index in [-0.39, 0.29) is 49.3 Å². The molecule has 2 amide bonds. The summed E-state index contributed by atoms with van der Waals surface area (Å²) in [5.41, 5.74) is 0. The summed E-state index contributed by atoms with van der Waals surface area (Å²) in [5.74, 6) is 2.14. The zero-order chi connectivity index (χ0) is 21.1. The van der Waals surface area contributed by atoms with Crippen LogP contribution in [0.1, 0.15) is 46.0 Å². The predicted molar refractivity (Wildman–Crippen MR) is 111 cm³/mol. The Balaban J connectivity index is 1.23. The molecule has 8 heteroatoms. The van der Waals surface area contributed by atoms with E-state index in [4.69, 9.17) is 14.2 Å². The van der Waals surface area contributed by atoms with Crippen LogP contribution in [0.3, 0.4) is 0 Å². The van der Waals surface area contributed by atoms with Crippen LogP contribution >= 0.6 is 0 Å². The van der Waals surface area contributed by atoms with Gasteiger partial charge in [-0.15, -0.1) is 0 Å². The fraction of sp³-hybridized carbons (Fsp3) is 0.636. The van der Waals surface area contributed by atoms with Gasteiger partial charge in [-0.1, -0.05) is 0 Å². The van der Waals surface area contributed by atoms with E-state index >= 15 is 0 Å². The van der Waals surface area contributed by atoms with Gasteiger partial charge in [0.2, 0.25) is 18.6 Å². The number of piperazine rings is 1. The van der Waals surface area contributed by atoms with E-state index in [1.54, 1.807) is 0 Å². The van der Waals surface area contributed by atoms with E-state index in [1.807, 2.05) is 18.2 Å². The standard InChI is InChI=1S/C22H31N3O5/c1-14(2)25-10-9-23-22(27)18(25)12-21(26)24-15-3-5-16(6-4-15)30-17-7-8-19-20(11-17)29-13-28-19/h7-8,11,14-16,18H,3-6,9-10,12-13H2,1-2H3,(H,23,27)(H,24,26). The molecule has 0 bridgehead atoms. The maximum Gasteiger partial charge on any atom is 0.237 e. The number of ether oxygens (including phenoxy) is 3. The second-order valence-corrected chi connectivity index (χ2v) is 8.52. The quantitative estimate of drug-likeness (QED) is 0.734. The molecule has 1 aromatic rings. The van der Waals surface area contributed by atoms with Crippen LogP contribution in [0, 0.1) is 0 Å². The molecule has 0 aromatic heterocycles. The molecule has 1 saturated carbocycles. The van der Waals surface area contributed by atoms with E-state index in [1.165, 1.54) is 0 Å². The van der Waals surface area contributed by atoms with Crippen LogP contribution in [0.25, 0.3) is 0 Å². The van der Waals surface area contributed by atoms with Crippen molar-refractivity contribution in [2.75, 3.05) is 19.9 Å². The monoisotopic (exact) mass is 417 g/mol. The van der Waals surface area contributed by atoms with Gasteiger partial charge in [-0.05, 0) is 51.7 Å². The zero-order valence-electron chi connectivity index (χ0n) is 17.7. The molecule has 3 aliphatic rings. The number of carbonyl (C=O) groups excluding carboxylic acids is 2. The second kappa shape index (κ2) is 9.12. The summed E-state index contributed by atoms with van der Waals surface area (Å²) < 4.78 is 16.8. The highest BCUT2D eigenvalue weighted by molar-refractivity contribution is 5.89. The number of nitrogens with zero attached hydrogens (tertiary/aromatic N) is 1. The van der Waals surface area contributed by atoms with Crippen molar-refractivity contribution in [3.63, 3.8) is 0 Å². The first-order valence-electron chi connectivity index (χ1n) is 10.9. The summed E-state index contributed by atoms with van der Waals surface area (Å²) in [5, 5.41) is 6.00. The van der Waals surface area contributed by atoms with Crippen molar-refractivity contribution in [2.24, 2.45) is 0 Å². The van der Waals surface area contributed by atoms with Gasteiger partial charge in [-0.3, -0.25) is 14.5 Å². The number of amides is 2. The SMILES string of the molecule is CC(C)N1CCNC(=O)C1CC(=O)NC1CCC(Oc2ccc3c(c2)OCO3)CC1. The second-order valence-electron chi connectivity index (χ2n) is 8.52. The van der Waals surface area contributed by atoms with Gasteiger partial charge in [-0.2, -0.15) is 0 Å². The Kier molecular flexibility index (Phi) is 6.32. The molecule has 0 radical (unpaired) electrons. The maximum atomic E-state index is 12.6. The van der Waals surface area contributed by atoms with Crippen molar-refractivity contribution in [2.45, 2.75) is 70.2 Å². The molecule has 8 nitrogen and oxygen atoms in total. The van der Waals surface area contributed by atoms with Crippen molar-refractivity contribution < 1.29 is 23.8 Å². The first-order chi connectivity index (χ1) is 14.5. The Bertz CT molecular complexity index is 776. The van der Waals surface area contributed by atoms with Crippen LogP contribution in [0.4, 0.5) is 0 Å². The highest BCUT2D eigenvalue weighted by Crippen LogP contribution is 2.36. The smallest absolute Gasteiger partial charge is 0.237 e. The third-order valence-electron chi connectivity index (χ3n) is 6.10. The molecule has 164 valence electrons. The van der Waals surface area contributed by atoms with Gasteiger partial charge in [0.05, 0.1) is 18.6 Å². The number of hydrogen-bond donors (Lipinski definition) is 2. The lowest BCUT2D eigenvalue weighted by atomic mass is 9.92. The Labute approximate surface area is 177 Å². The van der Waals surface area contributed by atoms with Crippen LogP contribution in [0.5, 0.6) is 17.2 Å². The van der Waals surface area contributed by atoms with E-state index in [0.717, 1.165) is 49.5 Å². The number of carbonyl (C=O) groups is 2. The molecule has 1 aromatic carbocycles. The minimum absolute atomic E-state index is 0.0501. The van der Waals surface area contributed by atoms with Gasteiger partial charge in [0.15, 0.2) is 11.5 Å². The van der Waals surface area contributed by atoms with Crippen LogP contribution in [-0.2, 0) is 9.59 Å². The highest BCUT2D eigenvalue weighted by atomic mass is 16.7. The number of hydrogen-bond acceptors (Lipinski definition) is 6. The van der Waals surface area contributed by atoms with Crippen LogP contribution in [0.15, 0.2) is 18.2 Å². The predicted octanol–water partition coefficient (Wildman–Crippen LogP) is 1.82. The normalized spacial score (nSPS) is 26.4. The minimum atomic E-state index is -0.385. The molecule has 2 aliphatic heterocycles. The zero-order valence-corrected chi connectivity index (χ0v) is 17.7. The average molecular weight is 418 g/mol. The average Bonchev–Trinajstić information content (AvgIpc) is 3.18. The summed E-state index contributed by atoms with van der Waals surface area (Å²) in [6.45, 7) is 5.79. The van der Waals surface area contributed by atoms with Crippen molar-refractivity contribution in [3.05, 3.63) is 18.2 Å². The first kappa shape index (κ1) is 20.8. The molecule has 1 atom stereocenters. The van der Waals surface area contributed by atoms with Crippen molar-refractivity contribution in [1.82, 2.24) is 15.5 Å². The lowest BCUT2D eigenvalue weighted by Gasteiger charge is -2.38. The van der Waals surface area contributed by atoms with Crippen molar-refractivity contribution in [3.8, 4) is 17.2 Å². The van der Waals surface area contributed by atoms with Gasteiger partial charge >= 0.3 is 0 Å². The van der Waals surface area contributed by atoms with Gasteiger partial charge in [0.25, 0.3) is 0 Å². The Morgan fingerprint density at radius 3 is 2.77 bits per heavy atom. The molecule has 30 heavy (non-hydrogen) atoms. The van der Waals surface area contributed by atoms with Gasteiger partial charge in [0.1, 0.15) is 5.75 Å². The Morgan fingerprint density at radius 1 is 1.23 bits per heavy atom. The third kappa shape index (κ3) is 4.80.